The second-order valence-electron chi connectivity index (χ2n) is 5.62. The predicted octanol–water partition coefficient (Wildman–Crippen LogP) is 4.11. The van der Waals surface area contributed by atoms with Crippen molar-refractivity contribution in [3.63, 3.8) is 0 Å². The molecule has 0 saturated heterocycles. The lowest BCUT2D eigenvalue weighted by Gasteiger charge is -2.08. The highest BCUT2D eigenvalue weighted by Crippen LogP contribution is 2.26. The summed E-state index contributed by atoms with van der Waals surface area (Å²) in [6, 6.07) is 15.8. The maximum atomic E-state index is 14.1. The number of esters is 1. The molecule has 5 nitrogen and oxygen atoms in total. The van der Waals surface area contributed by atoms with Crippen LogP contribution in [-0.2, 0) is 22.7 Å². The van der Waals surface area contributed by atoms with Crippen molar-refractivity contribution in [3.8, 4) is 11.4 Å². The molecule has 138 valence electrons. The zero-order chi connectivity index (χ0) is 19.1. The molecule has 0 atom stereocenters. The SMILES string of the molecule is C=CCn1c(SCC(=O)OCc2ccccc2)nnc1-c1ccccc1F. The molecule has 2 aromatic carbocycles. The minimum Gasteiger partial charge on any atom is -0.460 e. The number of nitrogens with zero attached hydrogens (tertiary/aromatic N) is 3. The molecule has 1 heterocycles. The fraction of sp³-hybridized carbons (Fsp3) is 0.150. The molecule has 0 radical (unpaired) electrons. The number of carbonyl (C=O) groups excluding carboxylic acids is 1. The van der Waals surface area contributed by atoms with Gasteiger partial charge in [0.15, 0.2) is 11.0 Å². The Bertz CT molecular complexity index is 928. The average molecular weight is 383 g/mol. The van der Waals surface area contributed by atoms with E-state index in [1.807, 2.05) is 30.3 Å². The minimum absolute atomic E-state index is 0.0827. The molecular weight excluding hydrogens is 365 g/mol. The number of ether oxygens (including phenoxy) is 1. The highest BCUT2D eigenvalue weighted by molar-refractivity contribution is 7.99. The third-order valence-corrected chi connectivity index (χ3v) is 4.65. The summed E-state index contributed by atoms with van der Waals surface area (Å²) < 4.78 is 21.1. The lowest BCUT2D eigenvalue weighted by molar-refractivity contribution is -0.141. The molecule has 0 bridgehead atoms. The second kappa shape index (κ2) is 9.14. The minimum atomic E-state index is -0.381. The predicted molar refractivity (Wildman–Crippen MR) is 103 cm³/mol. The molecule has 0 fully saturated rings. The lowest BCUT2D eigenvalue weighted by atomic mass is 10.2. The van der Waals surface area contributed by atoms with Crippen molar-refractivity contribution in [2.24, 2.45) is 0 Å². The average Bonchev–Trinajstić information content (AvgIpc) is 3.09. The molecule has 0 aliphatic rings. The standard InChI is InChI=1S/C20H18FN3O2S/c1-2-12-24-19(16-10-6-7-11-17(16)21)22-23-20(24)27-14-18(25)26-13-15-8-4-3-5-9-15/h2-11H,1,12-14H2. The number of thioether (sulfide) groups is 1. The fourth-order valence-corrected chi connectivity index (χ4v) is 3.18. The van der Waals surface area contributed by atoms with E-state index in [1.165, 1.54) is 17.8 Å². The Hall–Kier alpha value is -2.93. The molecule has 0 N–H and O–H groups in total. The van der Waals surface area contributed by atoms with Crippen LogP contribution in [0.1, 0.15) is 5.56 Å². The summed E-state index contributed by atoms with van der Waals surface area (Å²) in [5.74, 6) is -0.258. The molecule has 27 heavy (non-hydrogen) atoms. The number of rotatable bonds is 8. The van der Waals surface area contributed by atoms with Gasteiger partial charge in [-0.1, -0.05) is 60.3 Å². The van der Waals surface area contributed by atoms with Gasteiger partial charge in [0.05, 0.1) is 11.3 Å². The quantitative estimate of drug-likeness (QED) is 0.333. The van der Waals surface area contributed by atoms with Crippen LogP contribution < -0.4 is 0 Å². The van der Waals surface area contributed by atoms with E-state index in [2.05, 4.69) is 16.8 Å². The molecule has 0 amide bonds. The van der Waals surface area contributed by atoms with Crippen molar-refractivity contribution in [1.82, 2.24) is 14.8 Å². The summed E-state index contributed by atoms with van der Waals surface area (Å²) >= 11 is 1.20. The normalized spacial score (nSPS) is 10.6. The van der Waals surface area contributed by atoms with Gasteiger partial charge in [-0.3, -0.25) is 9.36 Å². The monoisotopic (exact) mass is 383 g/mol. The summed E-state index contributed by atoms with van der Waals surface area (Å²) in [7, 11) is 0. The van der Waals surface area contributed by atoms with Gasteiger partial charge < -0.3 is 4.74 Å². The van der Waals surface area contributed by atoms with Gasteiger partial charge in [-0.15, -0.1) is 16.8 Å². The van der Waals surface area contributed by atoms with Crippen LogP contribution >= 0.6 is 11.8 Å². The van der Waals surface area contributed by atoms with Gasteiger partial charge in [-0.05, 0) is 17.7 Å². The van der Waals surface area contributed by atoms with Gasteiger partial charge in [0.2, 0.25) is 0 Å². The van der Waals surface area contributed by atoms with E-state index in [0.717, 1.165) is 5.56 Å². The highest BCUT2D eigenvalue weighted by Gasteiger charge is 2.17. The molecule has 0 saturated carbocycles. The zero-order valence-corrected chi connectivity index (χ0v) is 15.4. The second-order valence-corrected chi connectivity index (χ2v) is 6.56. The molecule has 1 aromatic heterocycles. The van der Waals surface area contributed by atoms with Crippen LogP contribution in [0.5, 0.6) is 0 Å². The van der Waals surface area contributed by atoms with Gasteiger partial charge in [-0.25, -0.2) is 4.39 Å². The van der Waals surface area contributed by atoms with E-state index < -0.39 is 0 Å². The first-order valence-corrected chi connectivity index (χ1v) is 9.29. The highest BCUT2D eigenvalue weighted by atomic mass is 32.2. The van der Waals surface area contributed by atoms with Crippen LogP contribution in [0, 0.1) is 5.82 Å². The fourth-order valence-electron chi connectivity index (χ4n) is 2.43. The molecule has 3 rings (SSSR count). The van der Waals surface area contributed by atoms with E-state index in [9.17, 15) is 9.18 Å². The number of halogens is 1. The van der Waals surface area contributed by atoms with Crippen LogP contribution in [0.2, 0.25) is 0 Å². The van der Waals surface area contributed by atoms with Crippen LogP contribution in [0.4, 0.5) is 4.39 Å². The first kappa shape index (κ1) is 18.8. The molecule has 0 unspecified atom stereocenters. The van der Waals surface area contributed by atoms with Crippen molar-refractivity contribution in [2.75, 3.05) is 5.75 Å². The number of hydrogen-bond acceptors (Lipinski definition) is 5. The van der Waals surface area contributed by atoms with Gasteiger partial charge >= 0.3 is 5.97 Å². The van der Waals surface area contributed by atoms with Crippen LogP contribution in [0.3, 0.4) is 0 Å². The lowest BCUT2D eigenvalue weighted by Crippen LogP contribution is -2.09. The Kier molecular flexibility index (Phi) is 6.38. The van der Waals surface area contributed by atoms with Crippen molar-refractivity contribution in [3.05, 3.63) is 78.6 Å². The van der Waals surface area contributed by atoms with Crippen molar-refractivity contribution in [1.29, 1.82) is 0 Å². The maximum Gasteiger partial charge on any atom is 0.316 e. The van der Waals surface area contributed by atoms with Crippen LogP contribution in [0.15, 0.2) is 72.4 Å². The number of carbonyl (C=O) groups is 1. The van der Waals surface area contributed by atoms with E-state index in [4.69, 9.17) is 4.74 Å². The largest absolute Gasteiger partial charge is 0.460 e. The third kappa shape index (κ3) is 4.83. The zero-order valence-electron chi connectivity index (χ0n) is 14.5. The van der Waals surface area contributed by atoms with E-state index in [-0.39, 0.29) is 24.1 Å². The van der Waals surface area contributed by atoms with E-state index >= 15 is 0 Å². The molecule has 0 aliphatic carbocycles. The third-order valence-electron chi connectivity index (χ3n) is 3.71. The summed E-state index contributed by atoms with van der Waals surface area (Å²) in [6.45, 7) is 4.34. The van der Waals surface area contributed by atoms with Crippen molar-refractivity contribution < 1.29 is 13.9 Å². The first-order valence-electron chi connectivity index (χ1n) is 8.30. The summed E-state index contributed by atoms with van der Waals surface area (Å²) in [4.78, 5) is 12.0. The molecule has 0 aliphatic heterocycles. The Morgan fingerprint density at radius 3 is 2.63 bits per heavy atom. The van der Waals surface area contributed by atoms with Gasteiger partial charge in [-0.2, -0.15) is 0 Å². The van der Waals surface area contributed by atoms with E-state index in [0.29, 0.717) is 23.1 Å². The van der Waals surface area contributed by atoms with Gasteiger partial charge in [0.1, 0.15) is 12.4 Å². The van der Waals surface area contributed by atoms with Crippen molar-refractivity contribution in [2.45, 2.75) is 18.3 Å². The molecule has 0 spiro atoms. The molecule has 7 heteroatoms. The maximum absolute atomic E-state index is 14.1. The van der Waals surface area contributed by atoms with Crippen LogP contribution in [0.25, 0.3) is 11.4 Å². The first-order chi connectivity index (χ1) is 13.2. The smallest absolute Gasteiger partial charge is 0.316 e. The van der Waals surface area contributed by atoms with Crippen LogP contribution in [-0.4, -0.2) is 26.5 Å². The Labute approximate surface area is 160 Å². The Morgan fingerprint density at radius 1 is 1.15 bits per heavy atom. The van der Waals surface area contributed by atoms with Gasteiger partial charge in [0.25, 0.3) is 0 Å². The van der Waals surface area contributed by atoms with E-state index in [1.54, 1.807) is 28.8 Å². The van der Waals surface area contributed by atoms with Gasteiger partial charge in [0, 0.05) is 6.54 Å². The number of benzene rings is 2. The Balaban J connectivity index is 1.67. The summed E-state index contributed by atoms with van der Waals surface area (Å²) in [6.07, 6.45) is 1.67. The number of aromatic nitrogens is 3. The molecule has 3 aromatic rings. The number of allylic oxidation sites excluding steroid dienone is 1. The van der Waals surface area contributed by atoms with Crippen molar-refractivity contribution >= 4 is 17.7 Å². The summed E-state index contributed by atoms with van der Waals surface area (Å²) in [5.41, 5.74) is 1.28. The summed E-state index contributed by atoms with van der Waals surface area (Å²) in [5, 5.41) is 8.69. The number of hydrogen-bond donors (Lipinski definition) is 0. The Morgan fingerprint density at radius 2 is 1.89 bits per heavy atom. The molecular formula is C20H18FN3O2S. The topological polar surface area (TPSA) is 57.0 Å².